The minimum absolute atomic E-state index is 0.0145. The summed E-state index contributed by atoms with van der Waals surface area (Å²) in [7, 11) is 3.17. The molecule has 1 aliphatic heterocycles. The molecule has 0 unspecified atom stereocenters. The second-order valence-electron chi connectivity index (χ2n) is 6.36. The molecule has 0 aliphatic carbocycles. The summed E-state index contributed by atoms with van der Waals surface area (Å²) in [4.78, 5) is 0. The van der Waals surface area contributed by atoms with Crippen LogP contribution >= 0.6 is 11.6 Å². The van der Waals surface area contributed by atoms with Crippen molar-refractivity contribution in [2.45, 2.75) is 5.92 Å². The van der Waals surface area contributed by atoms with Crippen molar-refractivity contribution in [3.8, 4) is 34.7 Å². The third-order valence-corrected chi connectivity index (χ3v) is 5.03. The summed E-state index contributed by atoms with van der Waals surface area (Å²) in [6, 6.07) is 14.9. The Bertz CT molecular complexity index is 1160. The largest absolute Gasteiger partial charge is 0.497 e. The van der Waals surface area contributed by atoms with Crippen molar-refractivity contribution < 1.29 is 14.2 Å². The Balaban J connectivity index is 1.98. The first kappa shape index (κ1) is 18.7. The molecular formula is C21H17ClN4O3. The topological polar surface area (TPSA) is 106 Å². The molecule has 0 saturated carbocycles. The van der Waals surface area contributed by atoms with Crippen LogP contribution < -0.4 is 19.9 Å². The third-order valence-electron chi connectivity index (χ3n) is 4.80. The zero-order chi connectivity index (χ0) is 20.5. The summed E-state index contributed by atoms with van der Waals surface area (Å²) in [5, 5.41) is 17.6. The monoisotopic (exact) mass is 408 g/mol. The number of aromatic nitrogens is 2. The van der Waals surface area contributed by atoms with Gasteiger partial charge >= 0.3 is 0 Å². The first-order chi connectivity index (χ1) is 14.1. The van der Waals surface area contributed by atoms with Gasteiger partial charge in [-0.1, -0.05) is 23.7 Å². The molecule has 3 aromatic rings. The number of halogens is 1. The van der Waals surface area contributed by atoms with Crippen LogP contribution in [-0.2, 0) is 0 Å². The lowest BCUT2D eigenvalue weighted by atomic mass is 9.83. The first-order valence-corrected chi connectivity index (χ1v) is 9.08. The first-order valence-electron chi connectivity index (χ1n) is 8.71. The van der Waals surface area contributed by atoms with E-state index in [1.165, 1.54) is 0 Å². The number of allylic oxidation sites excluding steroid dienone is 1. The number of fused-ring (bicyclic) bond motifs is 1. The number of hydrogen-bond acceptors (Lipinski definition) is 6. The van der Waals surface area contributed by atoms with Gasteiger partial charge in [0.15, 0.2) is 0 Å². The average molecular weight is 409 g/mol. The number of benzene rings is 2. The third kappa shape index (κ3) is 3.13. The molecule has 29 heavy (non-hydrogen) atoms. The molecule has 1 aliphatic rings. The van der Waals surface area contributed by atoms with Gasteiger partial charge in [-0.25, -0.2) is 0 Å². The van der Waals surface area contributed by atoms with Crippen molar-refractivity contribution in [1.82, 2.24) is 10.2 Å². The van der Waals surface area contributed by atoms with Crippen molar-refractivity contribution in [1.29, 1.82) is 5.26 Å². The highest BCUT2D eigenvalue weighted by atomic mass is 35.5. The Labute approximate surface area is 172 Å². The summed E-state index contributed by atoms with van der Waals surface area (Å²) in [5.74, 6) is 1.07. The Morgan fingerprint density at radius 1 is 1.21 bits per heavy atom. The summed E-state index contributed by atoms with van der Waals surface area (Å²) in [6.45, 7) is 0. The van der Waals surface area contributed by atoms with Gasteiger partial charge in [-0.3, -0.25) is 5.10 Å². The van der Waals surface area contributed by atoms with Crippen LogP contribution in [0.2, 0.25) is 5.02 Å². The van der Waals surface area contributed by atoms with Gasteiger partial charge in [0.25, 0.3) is 0 Å². The number of aromatic amines is 1. The van der Waals surface area contributed by atoms with E-state index in [0.29, 0.717) is 39.2 Å². The molecule has 7 nitrogen and oxygen atoms in total. The second-order valence-corrected chi connectivity index (χ2v) is 6.80. The smallest absolute Gasteiger partial charge is 0.244 e. The number of nitriles is 1. The number of nitrogens with two attached hydrogens (primary N) is 1. The molecule has 0 amide bonds. The van der Waals surface area contributed by atoms with Crippen molar-refractivity contribution in [3.05, 3.63) is 70.1 Å². The molecule has 1 aromatic heterocycles. The minimum Gasteiger partial charge on any atom is -0.497 e. The molecule has 3 N–H and O–H groups in total. The summed E-state index contributed by atoms with van der Waals surface area (Å²) in [5.41, 5.74) is 9.13. The Morgan fingerprint density at radius 2 is 2.03 bits per heavy atom. The number of methoxy groups -OCH3 is 2. The van der Waals surface area contributed by atoms with Crippen LogP contribution in [0, 0.1) is 11.3 Å². The van der Waals surface area contributed by atoms with Crippen molar-refractivity contribution >= 4 is 11.6 Å². The zero-order valence-electron chi connectivity index (χ0n) is 15.7. The lowest BCUT2D eigenvalue weighted by Gasteiger charge is -2.24. The van der Waals surface area contributed by atoms with Gasteiger partial charge in [0.2, 0.25) is 11.8 Å². The number of rotatable bonds is 4. The van der Waals surface area contributed by atoms with Crippen LogP contribution in [0.5, 0.6) is 17.4 Å². The maximum Gasteiger partial charge on any atom is 0.244 e. The highest BCUT2D eigenvalue weighted by molar-refractivity contribution is 6.30. The van der Waals surface area contributed by atoms with Gasteiger partial charge in [-0.15, -0.1) is 5.10 Å². The summed E-state index contributed by atoms with van der Waals surface area (Å²) < 4.78 is 16.5. The van der Waals surface area contributed by atoms with E-state index in [1.54, 1.807) is 38.5 Å². The van der Waals surface area contributed by atoms with E-state index >= 15 is 0 Å². The van der Waals surface area contributed by atoms with Crippen LogP contribution in [0.4, 0.5) is 0 Å². The Kier molecular flexibility index (Phi) is 4.79. The molecule has 8 heteroatoms. The fourth-order valence-corrected chi connectivity index (χ4v) is 3.68. The normalized spacial score (nSPS) is 15.3. The van der Waals surface area contributed by atoms with Gasteiger partial charge in [0, 0.05) is 10.6 Å². The highest BCUT2D eigenvalue weighted by Crippen LogP contribution is 2.47. The number of nitrogens with one attached hydrogen (secondary N) is 1. The van der Waals surface area contributed by atoms with Gasteiger partial charge in [0.05, 0.1) is 31.4 Å². The molecular weight excluding hydrogens is 392 g/mol. The maximum atomic E-state index is 9.79. The molecule has 4 rings (SSSR count). The molecule has 1 atom stereocenters. The molecule has 2 aromatic carbocycles. The van der Waals surface area contributed by atoms with E-state index in [0.717, 1.165) is 5.56 Å². The van der Waals surface area contributed by atoms with Crippen LogP contribution in [-0.4, -0.2) is 24.4 Å². The van der Waals surface area contributed by atoms with Gasteiger partial charge in [0.1, 0.15) is 23.1 Å². The summed E-state index contributed by atoms with van der Waals surface area (Å²) >= 11 is 6.21. The van der Waals surface area contributed by atoms with Crippen LogP contribution in [0.1, 0.15) is 17.0 Å². The van der Waals surface area contributed by atoms with Gasteiger partial charge in [-0.2, -0.15) is 5.26 Å². The molecule has 0 fully saturated rings. The Morgan fingerprint density at radius 3 is 2.72 bits per heavy atom. The zero-order valence-corrected chi connectivity index (χ0v) is 16.4. The van der Waals surface area contributed by atoms with Gasteiger partial charge in [-0.05, 0) is 35.9 Å². The van der Waals surface area contributed by atoms with Crippen LogP contribution in [0.25, 0.3) is 11.3 Å². The molecule has 0 bridgehead atoms. The van der Waals surface area contributed by atoms with Gasteiger partial charge < -0.3 is 19.9 Å². The lowest BCUT2D eigenvalue weighted by molar-refractivity contribution is 0.379. The van der Waals surface area contributed by atoms with E-state index in [9.17, 15) is 5.26 Å². The minimum atomic E-state index is -0.507. The second kappa shape index (κ2) is 7.41. The summed E-state index contributed by atoms with van der Waals surface area (Å²) in [6.07, 6.45) is 0. The number of H-pyrrole nitrogens is 1. The molecule has 0 saturated heterocycles. The molecule has 2 heterocycles. The standard InChI is InChI=1S/C21H17ClN4O3/c1-27-13-6-7-16(28-2)14(9-13)19-18-17(11-4-3-5-12(22)8-11)15(10-23)20(24)29-21(18)26-25-19/h3-9,17H,24H2,1-2H3,(H,25,26)/t17-/m0/s1. The van der Waals surface area contributed by atoms with Crippen LogP contribution in [0.3, 0.4) is 0 Å². The molecule has 0 spiro atoms. The molecule has 146 valence electrons. The fraction of sp³-hybridized carbons (Fsp3) is 0.143. The van der Waals surface area contributed by atoms with E-state index in [4.69, 9.17) is 31.5 Å². The predicted molar refractivity (Wildman–Crippen MR) is 108 cm³/mol. The van der Waals surface area contributed by atoms with Crippen molar-refractivity contribution in [2.24, 2.45) is 5.73 Å². The van der Waals surface area contributed by atoms with E-state index in [-0.39, 0.29) is 11.5 Å². The number of ether oxygens (including phenoxy) is 3. The highest BCUT2D eigenvalue weighted by Gasteiger charge is 2.36. The SMILES string of the molecule is COc1ccc(OC)c(-c2[nH]nc3c2[C@@H](c2cccc(Cl)c2)C(C#N)=C(N)O3)c1. The lowest BCUT2D eigenvalue weighted by Crippen LogP contribution is -2.21. The Hall–Kier alpha value is -3.63. The van der Waals surface area contributed by atoms with Crippen LogP contribution in [0.15, 0.2) is 53.9 Å². The quantitative estimate of drug-likeness (QED) is 0.676. The fourth-order valence-electron chi connectivity index (χ4n) is 3.48. The molecule has 0 radical (unpaired) electrons. The average Bonchev–Trinajstić information content (AvgIpc) is 3.15. The number of hydrogen-bond donors (Lipinski definition) is 2. The van der Waals surface area contributed by atoms with Crippen molar-refractivity contribution in [3.63, 3.8) is 0 Å². The predicted octanol–water partition coefficient (Wildman–Crippen LogP) is 3.97. The van der Waals surface area contributed by atoms with Crippen molar-refractivity contribution in [2.75, 3.05) is 14.2 Å². The maximum absolute atomic E-state index is 9.79. The number of nitrogens with zero attached hydrogens (tertiary/aromatic N) is 2. The van der Waals surface area contributed by atoms with E-state index < -0.39 is 5.92 Å². The van der Waals surface area contributed by atoms with E-state index in [2.05, 4.69) is 16.3 Å². The van der Waals surface area contributed by atoms with E-state index in [1.807, 2.05) is 18.2 Å².